The lowest BCUT2D eigenvalue weighted by Gasteiger charge is -2.20. The van der Waals surface area contributed by atoms with Crippen molar-refractivity contribution < 1.29 is 13.9 Å². The van der Waals surface area contributed by atoms with Crippen molar-refractivity contribution in [3.63, 3.8) is 0 Å². The molecule has 0 radical (unpaired) electrons. The standard InChI is InChI=1S/C13H14FNO2/c14-11-3-1-9(2-4-11)12(7-15)13(16)10-5-6-17-8-10/h1-6,8,12-13,16H,7,15H2. The summed E-state index contributed by atoms with van der Waals surface area (Å²) in [5.41, 5.74) is 7.14. The number of nitrogens with two attached hydrogens (primary N) is 1. The Labute approximate surface area is 98.7 Å². The molecular weight excluding hydrogens is 221 g/mol. The number of furan rings is 1. The van der Waals surface area contributed by atoms with Crippen LogP contribution in [0.15, 0.2) is 47.3 Å². The average Bonchev–Trinajstić information content (AvgIpc) is 2.86. The predicted molar refractivity (Wildman–Crippen MR) is 61.9 cm³/mol. The van der Waals surface area contributed by atoms with Crippen LogP contribution in [0.5, 0.6) is 0 Å². The van der Waals surface area contributed by atoms with Crippen LogP contribution in [-0.4, -0.2) is 11.7 Å². The van der Waals surface area contributed by atoms with Crippen LogP contribution in [0.2, 0.25) is 0 Å². The molecule has 90 valence electrons. The third kappa shape index (κ3) is 2.54. The SMILES string of the molecule is NCC(c1ccc(F)cc1)C(O)c1ccoc1. The molecule has 2 aromatic rings. The van der Waals surface area contributed by atoms with E-state index in [1.165, 1.54) is 24.7 Å². The van der Waals surface area contributed by atoms with E-state index in [1.54, 1.807) is 18.2 Å². The lowest BCUT2D eigenvalue weighted by atomic mass is 9.90. The highest BCUT2D eigenvalue weighted by atomic mass is 19.1. The number of aliphatic hydroxyl groups excluding tert-OH is 1. The van der Waals surface area contributed by atoms with Crippen molar-refractivity contribution >= 4 is 0 Å². The molecule has 0 saturated carbocycles. The lowest BCUT2D eigenvalue weighted by molar-refractivity contribution is 0.146. The minimum atomic E-state index is -0.746. The van der Waals surface area contributed by atoms with E-state index in [1.807, 2.05) is 0 Å². The van der Waals surface area contributed by atoms with Gasteiger partial charge in [-0.25, -0.2) is 4.39 Å². The Morgan fingerprint density at radius 2 is 1.88 bits per heavy atom. The quantitative estimate of drug-likeness (QED) is 0.854. The van der Waals surface area contributed by atoms with E-state index in [0.29, 0.717) is 5.56 Å². The third-order valence-electron chi connectivity index (χ3n) is 2.82. The minimum Gasteiger partial charge on any atom is -0.472 e. The second-order valence-electron chi connectivity index (χ2n) is 3.90. The molecule has 1 heterocycles. The van der Waals surface area contributed by atoms with Crippen molar-refractivity contribution in [1.29, 1.82) is 0 Å². The highest BCUT2D eigenvalue weighted by Crippen LogP contribution is 2.30. The molecule has 2 atom stereocenters. The second-order valence-corrected chi connectivity index (χ2v) is 3.90. The van der Waals surface area contributed by atoms with E-state index in [9.17, 15) is 9.50 Å². The second kappa shape index (κ2) is 5.12. The highest BCUT2D eigenvalue weighted by Gasteiger charge is 2.22. The number of hydrogen-bond donors (Lipinski definition) is 2. The zero-order chi connectivity index (χ0) is 12.3. The zero-order valence-electron chi connectivity index (χ0n) is 9.21. The van der Waals surface area contributed by atoms with Crippen molar-refractivity contribution in [3.05, 3.63) is 59.8 Å². The number of hydrogen-bond acceptors (Lipinski definition) is 3. The van der Waals surface area contributed by atoms with E-state index < -0.39 is 6.10 Å². The molecule has 0 fully saturated rings. The maximum atomic E-state index is 12.8. The van der Waals surface area contributed by atoms with Gasteiger partial charge in [0.2, 0.25) is 0 Å². The minimum absolute atomic E-state index is 0.270. The Kier molecular flexibility index (Phi) is 3.56. The van der Waals surface area contributed by atoms with Gasteiger partial charge in [-0.05, 0) is 23.8 Å². The van der Waals surface area contributed by atoms with Gasteiger partial charge in [-0.3, -0.25) is 0 Å². The molecule has 1 aromatic heterocycles. The molecule has 1 aromatic carbocycles. The highest BCUT2D eigenvalue weighted by molar-refractivity contribution is 5.25. The molecule has 0 aliphatic heterocycles. The summed E-state index contributed by atoms with van der Waals surface area (Å²) in [5.74, 6) is -0.574. The van der Waals surface area contributed by atoms with E-state index in [0.717, 1.165) is 5.56 Å². The fraction of sp³-hybridized carbons (Fsp3) is 0.231. The first-order valence-corrected chi connectivity index (χ1v) is 5.38. The Morgan fingerprint density at radius 1 is 1.18 bits per heavy atom. The number of rotatable bonds is 4. The van der Waals surface area contributed by atoms with Gasteiger partial charge in [0.25, 0.3) is 0 Å². The van der Waals surface area contributed by atoms with E-state index in [4.69, 9.17) is 10.2 Å². The summed E-state index contributed by atoms with van der Waals surface area (Å²) in [6.45, 7) is 0.276. The summed E-state index contributed by atoms with van der Waals surface area (Å²) < 4.78 is 17.7. The zero-order valence-corrected chi connectivity index (χ0v) is 9.21. The average molecular weight is 235 g/mol. The summed E-state index contributed by atoms with van der Waals surface area (Å²) in [4.78, 5) is 0. The molecule has 0 aliphatic carbocycles. The summed E-state index contributed by atoms with van der Waals surface area (Å²) >= 11 is 0. The molecule has 2 rings (SSSR count). The maximum absolute atomic E-state index is 12.8. The summed E-state index contributed by atoms with van der Waals surface area (Å²) in [5, 5.41) is 10.2. The molecule has 2 unspecified atom stereocenters. The Hall–Kier alpha value is -1.65. The first-order chi connectivity index (χ1) is 8.22. The molecular formula is C13H14FNO2. The van der Waals surface area contributed by atoms with Crippen molar-refractivity contribution in [3.8, 4) is 0 Å². The van der Waals surface area contributed by atoms with Crippen molar-refractivity contribution in [1.82, 2.24) is 0 Å². The molecule has 0 bridgehead atoms. The van der Waals surface area contributed by atoms with Gasteiger partial charge in [0.05, 0.1) is 18.6 Å². The van der Waals surface area contributed by atoms with Gasteiger partial charge in [-0.15, -0.1) is 0 Å². The lowest BCUT2D eigenvalue weighted by Crippen LogP contribution is -2.19. The van der Waals surface area contributed by atoms with Crippen molar-refractivity contribution in [2.45, 2.75) is 12.0 Å². The van der Waals surface area contributed by atoms with Gasteiger partial charge >= 0.3 is 0 Å². The molecule has 17 heavy (non-hydrogen) atoms. The predicted octanol–water partition coefficient (Wildman–Crippen LogP) is 2.19. The van der Waals surface area contributed by atoms with Gasteiger partial charge in [0, 0.05) is 18.0 Å². The Morgan fingerprint density at radius 3 is 2.41 bits per heavy atom. The van der Waals surface area contributed by atoms with Crippen LogP contribution in [0.3, 0.4) is 0 Å². The molecule has 3 nitrogen and oxygen atoms in total. The molecule has 0 spiro atoms. The summed E-state index contributed by atoms with van der Waals surface area (Å²) in [6.07, 6.45) is 2.23. The number of benzene rings is 1. The van der Waals surface area contributed by atoms with E-state index in [-0.39, 0.29) is 18.3 Å². The van der Waals surface area contributed by atoms with E-state index >= 15 is 0 Å². The first kappa shape index (κ1) is 11.8. The Bertz CT molecular complexity index is 453. The first-order valence-electron chi connectivity index (χ1n) is 5.38. The van der Waals surface area contributed by atoms with Gasteiger partial charge in [-0.2, -0.15) is 0 Å². The monoisotopic (exact) mass is 235 g/mol. The van der Waals surface area contributed by atoms with Gasteiger partial charge in [0.15, 0.2) is 0 Å². The van der Waals surface area contributed by atoms with Crippen LogP contribution in [0.25, 0.3) is 0 Å². The smallest absolute Gasteiger partial charge is 0.123 e. The fourth-order valence-corrected chi connectivity index (χ4v) is 1.83. The van der Waals surface area contributed by atoms with Crippen molar-refractivity contribution in [2.75, 3.05) is 6.54 Å². The normalized spacial score (nSPS) is 14.5. The van der Waals surface area contributed by atoms with Crippen LogP contribution < -0.4 is 5.73 Å². The van der Waals surface area contributed by atoms with Crippen molar-refractivity contribution in [2.24, 2.45) is 5.73 Å². The molecule has 4 heteroatoms. The summed E-state index contributed by atoms with van der Waals surface area (Å²) in [6, 6.07) is 7.68. The van der Waals surface area contributed by atoms with Crippen LogP contribution in [-0.2, 0) is 0 Å². The van der Waals surface area contributed by atoms with Crippen LogP contribution in [0.4, 0.5) is 4.39 Å². The van der Waals surface area contributed by atoms with Gasteiger partial charge in [0.1, 0.15) is 5.82 Å². The van der Waals surface area contributed by atoms with Gasteiger partial charge in [-0.1, -0.05) is 12.1 Å². The molecule has 3 N–H and O–H groups in total. The number of halogens is 1. The summed E-state index contributed by atoms with van der Waals surface area (Å²) in [7, 11) is 0. The molecule has 0 aliphatic rings. The fourth-order valence-electron chi connectivity index (χ4n) is 1.83. The van der Waals surface area contributed by atoms with Gasteiger partial charge < -0.3 is 15.3 Å². The maximum Gasteiger partial charge on any atom is 0.123 e. The van der Waals surface area contributed by atoms with Crippen LogP contribution >= 0.6 is 0 Å². The van der Waals surface area contributed by atoms with Crippen LogP contribution in [0.1, 0.15) is 23.1 Å². The number of aliphatic hydroxyl groups is 1. The molecule has 0 amide bonds. The largest absolute Gasteiger partial charge is 0.472 e. The topological polar surface area (TPSA) is 59.4 Å². The van der Waals surface area contributed by atoms with E-state index in [2.05, 4.69) is 0 Å². The Balaban J connectivity index is 2.24. The third-order valence-corrected chi connectivity index (χ3v) is 2.82. The molecule has 0 saturated heterocycles. The van der Waals surface area contributed by atoms with Crippen LogP contribution in [0, 0.1) is 5.82 Å².